The summed E-state index contributed by atoms with van der Waals surface area (Å²) < 4.78 is 9.35. The number of nitrogens with two attached hydrogens (primary N) is 2. The molecule has 0 fully saturated rings. The van der Waals surface area contributed by atoms with E-state index in [0.29, 0.717) is 0 Å². The molecule has 4 N–H and O–H groups in total. The fraction of sp³-hybridized carbons (Fsp3) is 0. The maximum absolute atomic E-state index is 8.25. The molecule has 0 rings (SSSR count). The SMILES string of the molecule is O=[N+]([O-])[O-].[NH2][Pd+][NH2]. The molecule has 0 aromatic heterocycles. The molecule has 0 bridgehead atoms. The van der Waals surface area contributed by atoms with Crippen molar-refractivity contribution >= 4 is 0 Å². The van der Waals surface area contributed by atoms with Gasteiger partial charge in [-0.15, -0.1) is 0 Å². The van der Waals surface area contributed by atoms with E-state index in [1.165, 1.54) is 0 Å². The molecule has 0 aromatic rings. The van der Waals surface area contributed by atoms with Crippen LogP contribution in [0.1, 0.15) is 0 Å². The van der Waals surface area contributed by atoms with E-state index in [9.17, 15) is 0 Å². The first-order valence-corrected chi connectivity index (χ1v) is 2.71. The Kier molecular flexibility index (Phi) is 13.1. The van der Waals surface area contributed by atoms with Gasteiger partial charge in [0.05, 0.1) is 5.09 Å². The van der Waals surface area contributed by atoms with Crippen molar-refractivity contribution in [1.82, 2.24) is 0 Å². The third-order valence-electron chi connectivity index (χ3n) is 0. The number of rotatable bonds is 0. The van der Waals surface area contributed by atoms with E-state index in [-0.39, 0.29) is 18.5 Å². The van der Waals surface area contributed by atoms with Gasteiger partial charge in [-0.05, 0) is 0 Å². The molecular formula is H4N3O3Pd. The monoisotopic (exact) mass is 200 g/mol. The van der Waals surface area contributed by atoms with Crippen LogP contribution < -0.4 is 8.73 Å². The van der Waals surface area contributed by atoms with Gasteiger partial charge in [0.1, 0.15) is 0 Å². The molecule has 0 aliphatic rings. The van der Waals surface area contributed by atoms with Crippen molar-refractivity contribution in [3.8, 4) is 0 Å². The second-order valence-corrected chi connectivity index (χ2v) is 0.847. The molecule has 0 spiro atoms. The zero-order valence-electron chi connectivity index (χ0n) is 3.14. The Labute approximate surface area is 48.3 Å². The Morgan fingerprint density at radius 3 is 1.43 bits per heavy atom. The number of hydrogen-bond donors (Lipinski definition) is 2. The van der Waals surface area contributed by atoms with Crippen LogP contribution in [0.3, 0.4) is 0 Å². The minimum absolute atomic E-state index is 0.0500. The Bertz CT molecular complexity index is 41.4. The molecule has 0 unspecified atom stereocenters. The van der Waals surface area contributed by atoms with Gasteiger partial charge in [0.25, 0.3) is 0 Å². The predicted molar refractivity (Wildman–Crippen MR) is 18.7 cm³/mol. The standard InChI is InChI=1S/NO3.2H2N.Pd/c2-1(3)4;;;/h;2*1H2;/q3*-1;+3. The molecular weight excluding hydrogens is 196 g/mol. The van der Waals surface area contributed by atoms with E-state index >= 15 is 0 Å². The summed E-state index contributed by atoms with van der Waals surface area (Å²) in [4.78, 5) is 8.25. The molecule has 0 radical (unpaired) electrons. The first-order chi connectivity index (χ1) is 3.15. The van der Waals surface area contributed by atoms with Gasteiger partial charge >= 0.3 is 27.2 Å². The maximum atomic E-state index is 8.25. The summed E-state index contributed by atoms with van der Waals surface area (Å²) in [6.07, 6.45) is 0. The summed E-state index contributed by atoms with van der Waals surface area (Å²) in [7, 11) is 0. The van der Waals surface area contributed by atoms with E-state index in [1.54, 1.807) is 0 Å². The average Bonchev–Trinajstić information content (AvgIpc) is 1.33. The van der Waals surface area contributed by atoms with Crippen LogP contribution in [0.2, 0.25) is 0 Å². The van der Waals surface area contributed by atoms with E-state index in [1.807, 2.05) is 0 Å². The Hall–Kier alpha value is -0.218. The summed E-state index contributed by atoms with van der Waals surface area (Å²) >= 11 is -0.0500. The van der Waals surface area contributed by atoms with Crippen molar-refractivity contribution in [1.29, 1.82) is 0 Å². The third kappa shape index (κ3) is 1750. The van der Waals surface area contributed by atoms with Gasteiger partial charge in [0, 0.05) is 0 Å². The Morgan fingerprint density at radius 2 is 1.43 bits per heavy atom. The van der Waals surface area contributed by atoms with Crippen LogP contribution in [0.4, 0.5) is 0 Å². The van der Waals surface area contributed by atoms with E-state index < -0.39 is 5.09 Å². The molecule has 0 saturated heterocycles. The first-order valence-electron chi connectivity index (χ1n) is 0.913. The van der Waals surface area contributed by atoms with Gasteiger partial charge in [-0.1, -0.05) is 0 Å². The zero-order chi connectivity index (χ0) is 6.28. The van der Waals surface area contributed by atoms with Crippen LogP contribution in [0, 0.1) is 15.3 Å². The van der Waals surface area contributed by atoms with E-state index in [4.69, 9.17) is 15.3 Å². The summed E-state index contributed by atoms with van der Waals surface area (Å²) in [6, 6.07) is 0. The van der Waals surface area contributed by atoms with E-state index in [2.05, 4.69) is 8.73 Å². The molecule has 0 aliphatic carbocycles. The van der Waals surface area contributed by atoms with Crippen LogP contribution in [0.25, 0.3) is 0 Å². The second kappa shape index (κ2) is 9.24. The molecule has 0 heterocycles. The van der Waals surface area contributed by atoms with Crippen LogP contribution in [0.15, 0.2) is 0 Å². The van der Waals surface area contributed by atoms with Gasteiger partial charge < -0.3 is 15.3 Å². The summed E-state index contributed by atoms with van der Waals surface area (Å²) in [6.45, 7) is 0. The summed E-state index contributed by atoms with van der Waals surface area (Å²) in [5.74, 6) is 0. The average molecular weight is 200 g/mol. The van der Waals surface area contributed by atoms with Gasteiger partial charge in [-0.25, -0.2) is 0 Å². The van der Waals surface area contributed by atoms with Gasteiger partial charge in [0.15, 0.2) is 0 Å². The van der Waals surface area contributed by atoms with Crippen LogP contribution in [0.5, 0.6) is 0 Å². The van der Waals surface area contributed by atoms with Crippen molar-refractivity contribution in [3.63, 3.8) is 0 Å². The van der Waals surface area contributed by atoms with Crippen molar-refractivity contribution in [2.24, 2.45) is 8.73 Å². The molecule has 0 amide bonds. The third-order valence-corrected chi connectivity index (χ3v) is 0. The van der Waals surface area contributed by atoms with Crippen LogP contribution in [-0.2, 0) is 18.5 Å². The molecule has 7 heteroatoms. The number of hydrogen-bond acceptors (Lipinski definition) is 5. The van der Waals surface area contributed by atoms with Crippen LogP contribution in [-0.4, -0.2) is 5.09 Å². The van der Waals surface area contributed by atoms with Gasteiger partial charge in [0.2, 0.25) is 0 Å². The Balaban J connectivity index is 0. The first kappa shape index (κ1) is 9.92. The summed E-state index contributed by atoms with van der Waals surface area (Å²) in [5.41, 5.74) is 0. The fourth-order valence-corrected chi connectivity index (χ4v) is 0. The molecule has 0 saturated carbocycles. The molecule has 0 atom stereocenters. The molecule has 6 nitrogen and oxygen atoms in total. The minimum atomic E-state index is -1.75. The van der Waals surface area contributed by atoms with Crippen molar-refractivity contribution < 1.29 is 23.6 Å². The zero-order valence-corrected chi connectivity index (χ0v) is 4.70. The topological polar surface area (TPSA) is 118 Å². The van der Waals surface area contributed by atoms with Crippen molar-refractivity contribution in [2.45, 2.75) is 0 Å². The van der Waals surface area contributed by atoms with Gasteiger partial charge in [-0.3, -0.25) is 0 Å². The Morgan fingerprint density at radius 1 is 1.43 bits per heavy atom. The quantitative estimate of drug-likeness (QED) is 0.282. The van der Waals surface area contributed by atoms with Gasteiger partial charge in [-0.2, -0.15) is 0 Å². The van der Waals surface area contributed by atoms with E-state index in [0.717, 1.165) is 0 Å². The fourth-order valence-electron chi connectivity index (χ4n) is 0. The van der Waals surface area contributed by atoms with Crippen molar-refractivity contribution in [2.75, 3.05) is 0 Å². The molecule has 7 heavy (non-hydrogen) atoms. The number of nitrogens with zero attached hydrogens (tertiary/aromatic N) is 1. The summed E-state index contributed by atoms with van der Waals surface area (Å²) in [5, 5.41) is 14.8. The molecule has 47 valence electrons. The molecule has 0 aromatic carbocycles. The molecule has 0 aliphatic heterocycles. The predicted octanol–water partition coefficient (Wildman–Crippen LogP) is -1.42. The second-order valence-electron chi connectivity index (χ2n) is 0.329. The normalized spacial score (nSPS) is 6.57. The van der Waals surface area contributed by atoms with Crippen molar-refractivity contribution in [3.05, 3.63) is 15.3 Å². The van der Waals surface area contributed by atoms with Crippen LogP contribution >= 0.6 is 0 Å².